The van der Waals surface area contributed by atoms with E-state index in [-0.39, 0.29) is 0 Å². The Kier molecular flexibility index (Phi) is 4.02. The van der Waals surface area contributed by atoms with Crippen LogP contribution in [0.25, 0.3) is 0 Å². The molecule has 12 heavy (non-hydrogen) atoms. The van der Waals surface area contributed by atoms with Crippen LogP contribution in [0.3, 0.4) is 0 Å². The number of hydrogen-bond acceptors (Lipinski definition) is 2. The molecule has 1 aliphatic heterocycles. The molecule has 1 fully saturated rings. The van der Waals surface area contributed by atoms with Gasteiger partial charge in [0.25, 0.3) is 0 Å². The van der Waals surface area contributed by atoms with Crippen molar-refractivity contribution >= 4 is 0 Å². The van der Waals surface area contributed by atoms with Crippen LogP contribution in [-0.4, -0.2) is 37.7 Å². The van der Waals surface area contributed by atoms with Crippen LogP contribution in [0.2, 0.25) is 0 Å². The van der Waals surface area contributed by atoms with E-state index in [4.69, 9.17) is 4.74 Å². The minimum Gasteiger partial charge on any atom is -0.380 e. The van der Waals surface area contributed by atoms with Gasteiger partial charge in [-0.2, -0.15) is 0 Å². The van der Waals surface area contributed by atoms with Gasteiger partial charge in [-0.05, 0) is 32.7 Å². The quantitative estimate of drug-likeness (QED) is 0.641. The first kappa shape index (κ1) is 10.0. The van der Waals surface area contributed by atoms with Crippen LogP contribution in [0.4, 0.5) is 0 Å². The van der Waals surface area contributed by atoms with E-state index < -0.39 is 0 Å². The van der Waals surface area contributed by atoms with Gasteiger partial charge in [0.05, 0.1) is 6.61 Å². The zero-order chi connectivity index (χ0) is 8.97. The third kappa shape index (κ3) is 2.76. The first-order valence-corrected chi connectivity index (χ1v) is 5.02. The van der Waals surface area contributed by atoms with Gasteiger partial charge in [0.1, 0.15) is 0 Å². The number of likely N-dealkylation sites (N-methyl/N-ethyl adjacent to an activating group) is 1. The molecule has 1 saturated heterocycles. The van der Waals surface area contributed by atoms with E-state index in [1.54, 1.807) is 0 Å². The van der Waals surface area contributed by atoms with Crippen molar-refractivity contribution in [2.75, 3.05) is 26.8 Å². The van der Waals surface area contributed by atoms with Crippen molar-refractivity contribution < 1.29 is 4.74 Å². The molecule has 1 aliphatic rings. The molecule has 72 valence electrons. The van der Waals surface area contributed by atoms with Gasteiger partial charge in [0, 0.05) is 19.2 Å². The smallest absolute Gasteiger partial charge is 0.0621 e. The fraction of sp³-hybridized carbons (Fsp3) is 1.00. The lowest BCUT2D eigenvalue weighted by Crippen LogP contribution is -2.42. The van der Waals surface area contributed by atoms with Gasteiger partial charge in [-0.1, -0.05) is 6.92 Å². The van der Waals surface area contributed by atoms with E-state index in [0.717, 1.165) is 19.1 Å². The van der Waals surface area contributed by atoms with Gasteiger partial charge in [0.15, 0.2) is 0 Å². The van der Waals surface area contributed by atoms with E-state index in [1.807, 2.05) is 0 Å². The van der Waals surface area contributed by atoms with Crippen molar-refractivity contribution in [2.45, 2.75) is 32.7 Å². The average Bonchev–Trinajstić information content (AvgIpc) is 2.03. The van der Waals surface area contributed by atoms with E-state index in [1.165, 1.54) is 19.4 Å². The van der Waals surface area contributed by atoms with Crippen molar-refractivity contribution in [1.82, 2.24) is 4.90 Å². The maximum Gasteiger partial charge on any atom is 0.0621 e. The number of likely N-dealkylation sites (tertiary alicyclic amines) is 1. The van der Waals surface area contributed by atoms with Gasteiger partial charge < -0.3 is 9.64 Å². The lowest BCUT2D eigenvalue weighted by molar-refractivity contribution is 0.0463. The minimum absolute atomic E-state index is 0.668. The molecule has 0 amide bonds. The SMILES string of the molecule is CCOCC1CCC(C)CN1C. The van der Waals surface area contributed by atoms with Crippen molar-refractivity contribution in [1.29, 1.82) is 0 Å². The van der Waals surface area contributed by atoms with Crippen LogP contribution in [0.15, 0.2) is 0 Å². The summed E-state index contributed by atoms with van der Waals surface area (Å²) in [6.07, 6.45) is 2.67. The number of rotatable bonds is 3. The normalized spacial score (nSPS) is 32.2. The van der Waals surface area contributed by atoms with E-state index in [9.17, 15) is 0 Å². The van der Waals surface area contributed by atoms with Gasteiger partial charge in [-0.25, -0.2) is 0 Å². The van der Waals surface area contributed by atoms with Crippen LogP contribution in [0.5, 0.6) is 0 Å². The van der Waals surface area contributed by atoms with Crippen molar-refractivity contribution in [3.8, 4) is 0 Å². The molecule has 0 aromatic heterocycles. The molecule has 2 atom stereocenters. The molecule has 2 unspecified atom stereocenters. The second kappa shape index (κ2) is 4.83. The van der Waals surface area contributed by atoms with Gasteiger partial charge in [0.2, 0.25) is 0 Å². The molecule has 0 N–H and O–H groups in total. The summed E-state index contributed by atoms with van der Waals surface area (Å²) in [6, 6.07) is 0.668. The molecule has 1 heterocycles. The molecule has 0 aliphatic carbocycles. The predicted molar refractivity (Wildman–Crippen MR) is 51.3 cm³/mol. The number of ether oxygens (including phenoxy) is 1. The van der Waals surface area contributed by atoms with Crippen LogP contribution >= 0.6 is 0 Å². The van der Waals surface area contributed by atoms with E-state index in [0.29, 0.717) is 6.04 Å². The van der Waals surface area contributed by atoms with E-state index >= 15 is 0 Å². The Hall–Kier alpha value is -0.0800. The first-order chi connectivity index (χ1) is 5.74. The topological polar surface area (TPSA) is 12.5 Å². The highest BCUT2D eigenvalue weighted by molar-refractivity contribution is 4.77. The molecular formula is C10H21NO. The summed E-state index contributed by atoms with van der Waals surface area (Å²) in [5.74, 6) is 0.868. The largest absolute Gasteiger partial charge is 0.380 e. The van der Waals surface area contributed by atoms with Crippen LogP contribution in [-0.2, 0) is 4.74 Å². The fourth-order valence-corrected chi connectivity index (χ4v) is 1.89. The Morgan fingerprint density at radius 2 is 2.17 bits per heavy atom. The number of nitrogens with zero attached hydrogens (tertiary/aromatic N) is 1. The number of hydrogen-bond donors (Lipinski definition) is 0. The molecule has 0 aromatic carbocycles. The average molecular weight is 171 g/mol. The lowest BCUT2D eigenvalue weighted by Gasteiger charge is -2.35. The summed E-state index contributed by atoms with van der Waals surface area (Å²) >= 11 is 0. The van der Waals surface area contributed by atoms with Crippen molar-refractivity contribution in [3.63, 3.8) is 0 Å². The summed E-state index contributed by atoms with van der Waals surface area (Å²) < 4.78 is 5.44. The van der Waals surface area contributed by atoms with Gasteiger partial charge in [-0.3, -0.25) is 0 Å². The first-order valence-electron chi connectivity index (χ1n) is 5.02. The lowest BCUT2D eigenvalue weighted by atomic mass is 9.95. The zero-order valence-corrected chi connectivity index (χ0v) is 8.55. The molecular weight excluding hydrogens is 150 g/mol. The van der Waals surface area contributed by atoms with Crippen LogP contribution < -0.4 is 0 Å². The summed E-state index contributed by atoms with van der Waals surface area (Å²) in [4.78, 5) is 2.43. The maximum atomic E-state index is 5.44. The monoisotopic (exact) mass is 171 g/mol. The Morgan fingerprint density at radius 3 is 2.75 bits per heavy atom. The predicted octanol–water partition coefficient (Wildman–Crippen LogP) is 1.75. The molecule has 0 saturated carbocycles. The Balaban J connectivity index is 2.25. The zero-order valence-electron chi connectivity index (χ0n) is 8.55. The third-order valence-corrected chi connectivity index (χ3v) is 2.73. The number of piperidine rings is 1. The molecule has 0 aromatic rings. The van der Waals surface area contributed by atoms with E-state index in [2.05, 4.69) is 25.8 Å². The molecule has 0 radical (unpaired) electrons. The minimum atomic E-state index is 0.668. The van der Waals surface area contributed by atoms with Crippen molar-refractivity contribution in [2.24, 2.45) is 5.92 Å². The summed E-state index contributed by atoms with van der Waals surface area (Å²) in [7, 11) is 2.21. The second-order valence-corrected chi connectivity index (χ2v) is 3.94. The Morgan fingerprint density at radius 1 is 1.42 bits per heavy atom. The highest BCUT2D eigenvalue weighted by Gasteiger charge is 2.22. The summed E-state index contributed by atoms with van der Waals surface area (Å²) in [6.45, 7) is 7.39. The fourth-order valence-electron chi connectivity index (χ4n) is 1.89. The summed E-state index contributed by atoms with van der Waals surface area (Å²) in [5.41, 5.74) is 0. The molecule has 0 spiro atoms. The highest BCUT2D eigenvalue weighted by atomic mass is 16.5. The Bertz CT molecular complexity index is 125. The second-order valence-electron chi connectivity index (χ2n) is 3.94. The van der Waals surface area contributed by atoms with Crippen LogP contribution in [0.1, 0.15) is 26.7 Å². The van der Waals surface area contributed by atoms with Gasteiger partial charge >= 0.3 is 0 Å². The van der Waals surface area contributed by atoms with Gasteiger partial charge in [-0.15, -0.1) is 0 Å². The van der Waals surface area contributed by atoms with Crippen molar-refractivity contribution in [3.05, 3.63) is 0 Å². The molecule has 0 bridgehead atoms. The standard InChI is InChI=1S/C10H21NO/c1-4-12-8-10-6-5-9(2)7-11(10)3/h9-10H,4-8H2,1-3H3. The highest BCUT2D eigenvalue weighted by Crippen LogP contribution is 2.19. The van der Waals surface area contributed by atoms with Crippen LogP contribution in [0, 0.1) is 5.92 Å². The molecule has 2 heteroatoms. The Labute approximate surface area is 75.9 Å². The molecule has 2 nitrogen and oxygen atoms in total. The third-order valence-electron chi connectivity index (χ3n) is 2.73. The molecule has 1 rings (SSSR count). The summed E-state index contributed by atoms with van der Waals surface area (Å²) in [5, 5.41) is 0. The maximum absolute atomic E-state index is 5.44.